The number of hydrogen-bond acceptors (Lipinski definition) is 3. The molecule has 0 unspecified atom stereocenters. The molecule has 0 aliphatic heterocycles. The second-order valence-electron chi connectivity index (χ2n) is 3.78. The minimum atomic E-state index is 0.837. The molecule has 86 valence electrons. The van der Waals surface area contributed by atoms with Crippen molar-refractivity contribution in [2.24, 2.45) is 0 Å². The highest BCUT2D eigenvalue weighted by atomic mass is 15.3. The Morgan fingerprint density at radius 2 is 2.13 bits per heavy atom. The van der Waals surface area contributed by atoms with Crippen molar-refractivity contribution < 1.29 is 0 Å². The summed E-state index contributed by atoms with van der Waals surface area (Å²) < 4.78 is 1.98. The molecule has 0 atom stereocenters. The molecule has 1 heterocycles. The van der Waals surface area contributed by atoms with E-state index < -0.39 is 0 Å². The summed E-state index contributed by atoms with van der Waals surface area (Å²) in [6.07, 6.45) is 6.56. The Morgan fingerprint density at radius 1 is 1.27 bits per heavy atom. The first-order chi connectivity index (χ1) is 7.38. The van der Waals surface area contributed by atoms with Crippen molar-refractivity contribution in [3.8, 4) is 0 Å². The van der Waals surface area contributed by atoms with Crippen LogP contribution in [0.5, 0.6) is 0 Å². The summed E-state index contributed by atoms with van der Waals surface area (Å²) in [5, 5.41) is 7.58. The van der Waals surface area contributed by atoms with Gasteiger partial charge < -0.3 is 5.32 Å². The largest absolute Gasteiger partial charge is 0.310 e. The van der Waals surface area contributed by atoms with Gasteiger partial charge in [-0.3, -0.25) is 0 Å². The molecule has 0 amide bonds. The predicted octanol–water partition coefficient (Wildman–Crippen LogP) is 1.97. The molecule has 0 aliphatic carbocycles. The average molecular weight is 210 g/mol. The Morgan fingerprint density at radius 3 is 2.87 bits per heavy atom. The van der Waals surface area contributed by atoms with E-state index in [1.807, 2.05) is 4.68 Å². The normalized spacial score (nSPS) is 10.8. The lowest BCUT2D eigenvalue weighted by Gasteiger charge is -2.05. The first-order valence-corrected chi connectivity index (χ1v) is 5.95. The molecule has 0 spiro atoms. The van der Waals surface area contributed by atoms with Crippen LogP contribution in [0.3, 0.4) is 0 Å². The van der Waals surface area contributed by atoms with Gasteiger partial charge in [-0.15, -0.1) is 0 Å². The highest BCUT2D eigenvalue weighted by Gasteiger charge is 2.01. The van der Waals surface area contributed by atoms with Crippen LogP contribution < -0.4 is 5.32 Å². The third-order valence-corrected chi connectivity index (χ3v) is 2.37. The monoisotopic (exact) mass is 210 g/mol. The maximum absolute atomic E-state index is 4.24. The van der Waals surface area contributed by atoms with Gasteiger partial charge in [0, 0.05) is 6.54 Å². The number of aryl methyl sites for hydroxylation is 1. The van der Waals surface area contributed by atoms with Crippen molar-refractivity contribution in [1.29, 1.82) is 0 Å². The second kappa shape index (κ2) is 7.40. The predicted molar refractivity (Wildman–Crippen MR) is 61.5 cm³/mol. The maximum atomic E-state index is 4.24. The number of nitrogens with one attached hydrogen (secondary N) is 1. The van der Waals surface area contributed by atoms with Gasteiger partial charge in [-0.05, 0) is 19.4 Å². The van der Waals surface area contributed by atoms with E-state index in [-0.39, 0.29) is 0 Å². The van der Waals surface area contributed by atoms with E-state index in [1.165, 1.54) is 19.3 Å². The zero-order valence-electron chi connectivity index (χ0n) is 9.87. The summed E-state index contributed by atoms with van der Waals surface area (Å²) in [4.78, 5) is 4.24. The van der Waals surface area contributed by atoms with Crippen molar-refractivity contribution in [3.63, 3.8) is 0 Å². The molecule has 15 heavy (non-hydrogen) atoms. The SMILES string of the molecule is CCCCCNCc1ncnn1CCC. The summed E-state index contributed by atoms with van der Waals surface area (Å²) in [6, 6.07) is 0. The van der Waals surface area contributed by atoms with Crippen molar-refractivity contribution >= 4 is 0 Å². The smallest absolute Gasteiger partial charge is 0.140 e. The molecular weight excluding hydrogens is 188 g/mol. The highest BCUT2D eigenvalue weighted by Crippen LogP contribution is 1.96. The van der Waals surface area contributed by atoms with Crippen LogP contribution in [0.1, 0.15) is 45.4 Å². The number of hydrogen-bond donors (Lipinski definition) is 1. The van der Waals surface area contributed by atoms with Crippen molar-refractivity contribution in [1.82, 2.24) is 20.1 Å². The van der Waals surface area contributed by atoms with Crippen LogP contribution in [0, 0.1) is 0 Å². The molecule has 0 aliphatic rings. The van der Waals surface area contributed by atoms with Gasteiger partial charge in [0.05, 0.1) is 6.54 Å². The molecule has 1 N–H and O–H groups in total. The molecule has 0 radical (unpaired) electrons. The second-order valence-corrected chi connectivity index (χ2v) is 3.78. The Bertz CT molecular complexity index is 257. The molecule has 4 heteroatoms. The van der Waals surface area contributed by atoms with Crippen LogP contribution in [0.4, 0.5) is 0 Å². The van der Waals surface area contributed by atoms with Gasteiger partial charge in [0.25, 0.3) is 0 Å². The summed E-state index contributed by atoms with van der Waals surface area (Å²) in [5.41, 5.74) is 0. The standard InChI is InChI=1S/C11H22N4/c1-3-5-6-7-12-9-11-13-10-14-15(11)8-4-2/h10,12H,3-9H2,1-2H3. The first-order valence-electron chi connectivity index (χ1n) is 5.95. The van der Waals surface area contributed by atoms with Crippen LogP contribution in [-0.4, -0.2) is 21.3 Å². The quantitative estimate of drug-likeness (QED) is 0.667. The van der Waals surface area contributed by atoms with E-state index in [0.717, 1.165) is 31.9 Å². The molecule has 1 rings (SSSR count). The van der Waals surface area contributed by atoms with Gasteiger partial charge in [0.15, 0.2) is 0 Å². The Kier molecular flexibility index (Phi) is 6.00. The topological polar surface area (TPSA) is 42.7 Å². The highest BCUT2D eigenvalue weighted by molar-refractivity contribution is 4.83. The molecule has 0 saturated carbocycles. The lowest BCUT2D eigenvalue weighted by Crippen LogP contribution is -2.18. The van der Waals surface area contributed by atoms with Crippen molar-refractivity contribution in [2.45, 2.75) is 52.6 Å². The van der Waals surface area contributed by atoms with Crippen LogP contribution in [-0.2, 0) is 13.1 Å². The molecule has 1 aromatic heterocycles. The zero-order valence-corrected chi connectivity index (χ0v) is 9.87. The van der Waals surface area contributed by atoms with Crippen LogP contribution in [0.25, 0.3) is 0 Å². The summed E-state index contributed by atoms with van der Waals surface area (Å²) in [7, 11) is 0. The number of aromatic nitrogens is 3. The van der Waals surface area contributed by atoms with E-state index in [2.05, 4.69) is 29.2 Å². The molecule has 0 aromatic carbocycles. The van der Waals surface area contributed by atoms with Crippen LogP contribution in [0.2, 0.25) is 0 Å². The third kappa shape index (κ3) is 4.42. The van der Waals surface area contributed by atoms with Crippen LogP contribution >= 0.6 is 0 Å². The molecule has 4 nitrogen and oxygen atoms in total. The lowest BCUT2D eigenvalue weighted by atomic mass is 10.2. The van der Waals surface area contributed by atoms with E-state index in [9.17, 15) is 0 Å². The number of nitrogens with zero attached hydrogens (tertiary/aromatic N) is 3. The van der Waals surface area contributed by atoms with E-state index >= 15 is 0 Å². The lowest BCUT2D eigenvalue weighted by molar-refractivity contribution is 0.533. The Labute approximate surface area is 92.1 Å². The zero-order chi connectivity index (χ0) is 10.9. The minimum Gasteiger partial charge on any atom is -0.310 e. The molecule has 0 saturated heterocycles. The minimum absolute atomic E-state index is 0.837. The number of unbranched alkanes of at least 4 members (excludes halogenated alkanes) is 2. The van der Waals surface area contributed by atoms with Gasteiger partial charge in [-0.25, -0.2) is 9.67 Å². The fourth-order valence-electron chi connectivity index (χ4n) is 1.52. The molecule has 0 fully saturated rings. The summed E-state index contributed by atoms with van der Waals surface area (Å²) in [6.45, 7) is 7.25. The maximum Gasteiger partial charge on any atom is 0.140 e. The van der Waals surface area contributed by atoms with Crippen molar-refractivity contribution in [2.75, 3.05) is 6.54 Å². The fraction of sp³-hybridized carbons (Fsp3) is 0.818. The van der Waals surface area contributed by atoms with Gasteiger partial charge in [0.1, 0.15) is 12.2 Å². The van der Waals surface area contributed by atoms with Gasteiger partial charge in [0.2, 0.25) is 0 Å². The number of rotatable bonds is 8. The van der Waals surface area contributed by atoms with E-state index in [1.54, 1.807) is 6.33 Å². The Balaban J connectivity index is 2.21. The van der Waals surface area contributed by atoms with Crippen molar-refractivity contribution in [3.05, 3.63) is 12.2 Å². The van der Waals surface area contributed by atoms with E-state index in [4.69, 9.17) is 0 Å². The molecule has 1 aromatic rings. The Hall–Kier alpha value is -0.900. The first kappa shape index (κ1) is 12.2. The van der Waals surface area contributed by atoms with Gasteiger partial charge in [-0.1, -0.05) is 26.7 Å². The third-order valence-electron chi connectivity index (χ3n) is 2.37. The molecule has 0 bridgehead atoms. The van der Waals surface area contributed by atoms with E-state index in [0.29, 0.717) is 0 Å². The fourth-order valence-corrected chi connectivity index (χ4v) is 1.52. The van der Waals surface area contributed by atoms with Gasteiger partial charge >= 0.3 is 0 Å². The van der Waals surface area contributed by atoms with Gasteiger partial charge in [-0.2, -0.15) is 5.10 Å². The van der Waals surface area contributed by atoms with Crippen LogP contribution in [0.15, 0.2) is 6.33 Å². The summed E-state index contributed by atoms with van der Waals surface area (Å²) in [5.74, 6) is 1.05. The molecular formula is C11H22N4. The average Bonchev–Trinajstić information content (AvgIpc) is 2.66. The summed E-state index contributed by atoms with van der Waals surface area (Å²) >= 11 is 0.